The number of furan rings is 1. The maximum Gasteiger partial charge on any atom is 0.379 e. The number of aryl methyl sites for hydroxylation is 2. The Morgan fingerprint density at radius 2 is 1.64 bits per heavy atom. The van der Waals surface area contributed by atoms with E-state index in [9.17, 15) is 13.2 Å². The minimum absolute atomic E-state index is 0.103. The van der Waals surface area contributed by atoms with Crippen molar-refractivity contribution in [3.8, 4) is 5.75 Å². The van der Waals surface area contributed by atoms with Gasteiger partial charge in [-0.25, -0.2) is 13.2 Å². The lowest BCUT2D eigenvalue weighted by Gasteiger charge is -2.03. The molecule has 3 rings (SSSR count). The highest BCUT2D eigenvalue weighted by molar-refractivity contribution is 7.91. The molecule has 0 saturated carbocycles. The Bertz CT molecular complexity index is 1010. The number of rotatable bonds is 4. The molecule has 0 amide bonds. The predicted molar refractivity (Wildman–Crippen MR) is 91.5 cm³/mol. The van der Waals surface area contributed by atoms with Gasteiger partial charge in [-0.3, -0.25) is 0 Å². The summed E-state index contributed by atoms with van der Waals surface area (Å²) in [6.07, 6.45) is 0. The molecule has 6 heteroatoms. The lowest BCUT2D eigenvalue weighted by Crippen LogP contribution is -2.07. The molecule has 0 atom stereocenters. The lowest BCUT2D eigenvalue weighted by molar-refractivity contribution is 0.0695. The summed E-state index contributed by atoms with van der Waals surface area (Å²) < 4.78 is 35.5. The Morgan fingerprint density at radius 3 is 2.32 bits per heavy atom. The summed E-state index contributed by atoms with van der Waals surface area (Å²) in [5.74, 6) is -0.563. The van der Waals surface area contributed by atoms with Crippen molar-refractivity contribution in [2.75, 3.05) is 0 Å². The number of sulfone groups is 1. The van der Waals surface area contributed by atoms with Gasteiger partial charge in [0.05, 0.1) is 4.90 Å². The van der Waals surface area contributed by atoms with Crippen LogP contribution < -0.4 is 4.74 Å². The fraction of sp³-hybridized carbons (Fsp3) is 0.105. The van der Waals surface area contributed by atoms with Crippen molar-refractivity contribution in [1.82, 2.24) is 0 Å². The van der Waals surface area contributed by atoms with Crippen LogP contribution in [0.25, 0.3) is 0 Å². The zero-order valence-electron chi connectivity index (χ0n) is 13.7. The summed E-state index contributed by atoms with van der Waals surface area (Å²) in [5.41, 5.74) is 1.88. The molecule has 5 nitrogen and oxygen atoms in total. The van der Waals surface area contributed by atoms with E-state index in [-0.39, 0.29) is 15.7 Å². The molecule has 0 aliphatic heterocycles. The van der Waals surface area contributed by atoms with Gasteiger partial charge in [-0.15, -0.1) is 0 Å². The van der Waals surface area contributed by atoms with Crippen molar-refractivity contribution in [1.29, 1.82) is 0 Å². The fourth-order valence-electron chi connectivity index (χ4n) is 2.24. The van der Waals surface area contributed by atoms with E-state index >= 15 is 0 Å². The van der Waals surface area contributed by atoms with Gasteiger partial charge < -0.3 is 9.15 Å². The third-order valence-electron chi connectivity index (χ3n) is 3.58. The molecule has 0 fully saturated rings. The smallest absolute Gasteiger partial charge is 0.379 e. The van der Waals surface area contributed by atoms with E-state index in [2.05, 4.69) is 0 Å². The molecule has 0 spiro atoms. The molecule has 1 heterocycles. The van der Waals surface area contributed by atoms with Crippen LogP contribution in [0.4, 0.5) is 0 Å². The Balaban J connectivity index is 1.84. The molecule has 3 aromatic rings. The van der Waals surface area contributed by atoms with Crippen molar-refractivity contribution in [3.63, 3.8) is 0 Å². The van der Waals surface area contributed by atoms with Gasteiger partial charge in [0, 0.05) is 0 Å². The van der Waals surface area contributed by atoms with E-state index in [0.29, 0.717) is 5.75 Å². The SMILES string of the molecule is Cc1ccc(S(=O)(=O)c2ccc(C(=O)Oc3cccc(C)c3)o2)cc1. The predicted octanol–water partition coefficient (Wildman–Crippen LogP) is 3.95. The van der Waals surface area contributed by atoms with Crippen molar-refractivity contribution >= 4 is 15.8 Å². The number of ether oxygens (including phenoxy) is 1. The quantitative estimate of drug-likeness (QED) is 0.523. The Hall–Kier alpha value is -2.86. The largest absolute Gasteiger partial charge is 0.437 e. The van der Waals surface area contributed by atoms with E-state index in [1.54, 1.807) is 30.3 Å². The summed E-state index contributed by atoms with van der Waals surface area (Å²) in [7, 11) is -3.82. The maximum atomic E-state index is 12.5. The van der Waals surface area contributed by atoms with Crippen molar-refractivity contribution < 1.29 is 22.4 Å². The van der Waals surface area contributed by atoms with Gasteiger partial charge in [-0.1, -0.05) is 29.8 Å². The first-order valence-electron chi connectivity index (χ1n) is 7.57. The lowest BCUT2D eigenvalue weighted by atomic mass is 10.2. The summed E-state index contributed by atoms with van der Waals surface area (Å²) in [4.78, 5) is 12.2. The number of hydrogen-bond donors (Lipinski definition) is 0. The number of carbonyl (C=O) groups excluding carboxylic acids is 1. The number of hydrogen-bond acceptors (Lipinski definition) is 5. The summed E-state index contributed by atoms with van der Waals surface area (Å²) in [6, 6.07) is 15.9. The van der Waals surface area contributed by atoms with Gasteiger partial charge in [0.15, 0.2) is 0 Å². The number of carbonyl (C=O) groups is 1. The van der Waals surface area contributed by atoms with Gasteiger partial charge in [-0.05, 0) is 55.8 Å². The third-order valence-corrected chi connectivity index (χ3v) is 5.22. The molecule has 0 N–H and O–H groups in total. The van der Waals surface area contributed by atoms with E-state index in [1.165, 1.54) is 24.3 Å². The first kappa shape index (κ1) is 17.0. The fourth-order valence-corrected chi connectivity index (χ4v) is 3.42. The Morgan fingerprint density at radius 1 is 0.920 bits per heavy atom. The van der Waals surface area contributed by atoms with Gasteiger partial charge in [0.2, 0.25) is 20.7 Å². The van der Waals surface area contributed by atoms with E-state index in [0.717, 1.165) is 11.1 Å². The first-order chi connectivity index (χ1) is 11.9. The minimum Gasteiger partial charge on any atom is -0.437 e. The van der Waals surface area contributed by atoms with Gasteiger partial charge >= 0.3 is 5.97 Å². The normalized spacial score (nSPS) is 11.3. The molecule has 0 saturated heterocycles. The second-order valence-corrected chi connectivity index (χ2v) is 7.52. The molecule has 0 aliphatic carbocycles. The van der Waals surface area contributed by atoms with Crippen LogP contribution in [0.15, 0.2) is 75.1 Å². The standard InChI is InChI=1S/C19H16O5S/c1-13-6-8-16(9-7-13)25(21,22)18-11-10-17(24-18)19(20)23-15-5-3-4-14(2)12-15/h3-12H,1-2H3. The van der Waals surface area contributed by atoms with Crippen LogP contribution in [-0.2, 0) is 9.84 Å². The Labute approximate surface area is 145 Å². The molecule has 128 valence electrons. The van der Waals surface area contributed by atoms with Gasteiger partial charge in [-0.2, -0.15) is 0 Å². The third kappa shape index (κ3) is 3.64. The van der Waals surface area contributed by atoms with Gasteiger partial charge in [0.1, 0.15) is 5.75 Å². The summed E-state index contributed by atoms with van der Waals surface area (Å²) in [6.45, 7) is 3.74. The van der Waals surface area contributed by atoms with Crippen LogP contribution in [0, 0.1) is 13.8 Å². The molecule has 0 radical (unpaired) electrons. The summed E-state index contributed by atoms with van der Waals surface area (Å²) >= 11 is 0. The van der Waals surface area contributed by atoms with Crippen molar-refractivity contribution in [2.24, 2.45) is 0 Å². The molecule has 1 aromatic heterocycles. The Kier molecular flexibility index (Phi) is 4.46. The average Bonchev–Trinajstić information content (AvgIpc) is 3.06. The average molecular weight is 356 g/mol. The monoisotopic (exact) mass is 356 g/mol. The summed E-state index contributed by atoms with van der Waals surface area (Å²) in [5, 5.41) is -0.299. The highest BCUT2D eigenvalue weighted by Gasteiger charge is 2.24. The molecule has 25 heavy (non-hydrogen) atoms. The van der Waals surface area contributed by atoms with Crippen LogP contribution in [0.3, 0.4) is 0 Å². The van der Waals surface area contributed by atoms with Crippen molar-refractivity contribution in [3.05, 3.63) is 77.6 Å². The van der Waals surface area contributed by atoms with E-state index in [4.69, 9.17) is 9.15 Å². The van der Waals surface area contributed by atoms with Crippen LogP contribution in [0.1, 0.15) is 21.7 Å². The van der Waals surface area contributed by atoms with E-state index in [1.807, 2.05) is 19.9 Å². The van der Waals surface area contributed by atoms with Gasteiger partial charge in [0.25, 0.3) is 0 Å². The van der Waals surface area contributed by atoms with Crippen LogP contribution in [0.2, 0.25) is 0 Å². The zero-order valence-corrected chi connectivity index (χ0v) is 14.5. The highest BCUT2D eigenvalue weighted by atomic mass is 32.2. The zero-order chi connectivity index (χ0) is 18.0. The molecule has 2 aromatic carbocycles. The van der Waals surface area contributed by atoms with Crippen LogP contribution in [-0.4, -0.2) is 14.4 Å². The second-order valence-electron chi connectivity index (χ2n) is 5.64. The molecule has 0 unspecified atom stereocenters. The van der Waals surface area contributed by atoms with Crippen molar-refractivity contribution in [2.45, 2.75) is 23.8 Å². The van der Waals surface area contributed by atoms with Crippen LogP contribution >= 0.6 is 0 Å². The maximum absolute atomic E-state index is 12.5. The highest BCUT2D eigenvalue weighted by Crippen LogP contribution is 2.24. The number of esters is 1. The molecular weight excluding hydrogens is 340 g/mol. The minimum atomic E-state index is -3.82. The second kappa shape index (κ2) is 6.57. The molecule has 0 aliphatic rings. The number of benzene rings is 2. The molecular formula is C19H16O5S. The molecule has 0 bridgehead atoms. The first-order valence-corrected chi connectivity index (χ1v) is 9.05. The van der Waals surface area contributed by atoms with E-state index < -0.39 is 15.8 Å². The topological polar surface area (TPSA) is 73.6 Å². The van der Waals surface area contributed by atoms with Crippen LogP contribution in [0.5, 0.6) is 5.75 Å².